The Morgan fingerprint density at radius 2 is 1.71 bits per heavy atom. The van der Waals surface area contributed by atoms with Gasteiger partial charge in [-0.05, 0) is 119 Å². The first kappa shape index (κ1) is 29.9. The fourth-order valence-corrected chi connectivity index (χ4v) is 10.6. The van der Waals surface area contributed by atoms with Crippen LogP contribution in [0.2, 0.25) is 0 Å². The van der Waals surface area contributed by atoms with Gasteiger partial charge in [-0.25, -0.2) is 4.57 Å². The number of benzene rings is 2. The lowest BCUT2D eigenvalue weighted by Crippen LogP contribution is -2.55. The fraction of sp³-hybridized carbons (Fsp3) is 0.568. The largest absolute Gasteiger partial charge is 0.530 e. The highest BCUT2D eigenvalue weighted by molar-refractivity contribution is 7.48. The summed E-state index contributed by atoms with van der Waals surface area (Å²) < 4.78 is 32.4. The van der Waals surface area contributed by atoms with E-state index < -0.39 is 7.82 Å². The number of hydrogen-bond donors (Lipinski definition) is 0. The van der Waals surface area contributed by atoms with Gasteiger partial charge < -0.3 is 4.52 Å². The topological polar surface area (TPSA) is 44.8 Å². The molecule has 4 aliphatic carbocycles. The molecule has 0 bridgehead atoms. The van der Waals surface area contributed by atoms with Gasteiger partial charge in [0.15, 0.2) is 0 Å². The molecule has 0 N–H and O–H groups in total. The maximum absolute atomic E-state index is 14.2. The number of allylic oxidation sites excluding steroid dienone is 2. The molecule has 0 aromatic heterocycles. The van der Waals surface area contributed by atoms with E-state index in [1.54, 1.807) is 0 Å². The predicted octanol–water partition coefficient (Wildman–Crippen LogP) is 10.3. The number of phosphoric acid groups is 1. The molecule has 226 valence electrons. The Bertz CT molecular complexity index is 1420. The van der Waals surface area contributed by atoms with Gasteiger partial charge in [0.2, 0.25) is 0 Å². The van der Waals surface area contributed by atoms with Crippen molar-refractivity contribution in [1.82, 2.24) is 0 Å². The lowest BCUT2D eigenvalue weighted by molar-refractivity contribution is -0.0983. The van der Waals surface area contributed by atoms with Gasteiger partial charge in [0.1, 0.15) is 5.75 Å². The average Bonchev–Trinajstić information content (AvgIpc) is 3.26. The Morgan fingerprint density at radius 3 is 2.45 bits per heavy atom. The molecule has 0 aliphatic heterocycles. The first-order valence-corrected chi connectivity index (χ1v) is 17.5. The lowest BCUT2D eigenvalue weighted by Gasteiger charge is -2.61. The maximum Gasteiger partial charge on any atom is 0.530 e. The van der Waals surface area contributed by atoms with Gasteiger partial charge in [-0.2, -0.15) is 0 Å². The fourth-order valence-electron chi connectivity index (χ4n) is 9.46. The van der Waals surface area contributed by atoms with Crippen molar-refractivity contribution in [2.45, 2.75) is 98.5 Å². The van der Waals surface area contributed by atoms with E-state index in [0.717, 1.165) is 29.9 Å². The highest BCUT2D eigenvalue weighted by Gasteiger charge is 2.61. The van der Waals surface area contributed by atoms with Crippen LogP contribution in [0, 0.1) is 35.5 Å². The number of hydrogen-bond acceptors (Lipinski definition) is 4. The van der Waals surface area contributed by atoms with Crippen molar-refractivity contribution < 1.29 is 18.1 Å². The van der Waals surface area contributed by atoms with Crippen molar-refractivity contribution in [3.05, 3.63) is 88.5 Å². The van der Waals surface area contributed by atoms with E-state index in [1.807, 2.05) is 30.3 Å². The van der Waals surface area contributed by atoms with Crippen molar-refractivity contribution >= 4 is 7.82 Å². The van der Waals surface area contributed by atoms with Crippen LogP contribution in [0.3, 0.4) is 0 Å². The molecular formula is C37H49O4P. The van der Waals surface area contributed by atoms with Crippen molar-refractivity contribution in [2.75, 3.05) is 6.61 Å². The molecule has 2 aromatic carbocycles. The molecule has 6 rings (SSSR count). The average molecular weight is 589 g/mol. The Kier molecular flexibility index (Phi) is 7.91. The van der Waals surface area contributed by atoms with Gasteiger partial charge in [0, 0.05) is 0 Å². The third-order valence-electron chi connectivity index (χ3n) is 11.4. The molecule has 6 atom stereocenters. The van der Waals surface area contributed by atoms with Crippen molar-refractivity contribution in [3.8, 4) is 5.75 Å². The Balaban J connectivity index is 1.27. The SMILES string of the molecule is Cc1cc(OP(=O)(OCC2=CCC(C)C=C2)OCc2ccccc2)cc2c1[C@]1(C)CC[C@H]3C(C)(C)CCC[C@]3(C)[C@H]1C2. The molecule has 4 aliphatic rings. The minimum atomic E-state index is -3.91. The van der Waals surface area contributed by atoms with E-state index in [-0.39, 0.29) is 18.6 Å². The molecule has 4 nitrogen and oxygen atoms in total. The van der Waals surface area contributed by atoms with E-state index in [0.29, 0.717) is 28.4 Å². The van der Waals surface area contributed by atoms with Crippen molar-refractivity contribution in [1.29, 1.82) is 0 Å². The highest BCUT2D eigenvalue weighted by Crippen LogP contribution is 2.68. The van der Waals surface area contributed by atoms with Crippen molar-refractivity contribution in [2.24, 2.45) is 28.6 Å². The summed E-state index contributed by atoms with van der Waals surface area (Å²) in [5.41, 5.74) is 6.89. The minimum Gasteiger partial charge on any atom is -0.404 e. The van der Waals surface area contributed by atoms with Crippen LogP contribution in [0.25, 0.3) is 0 Å². The number of rotatable bonds is 8. The molecule has 0 saturated heterocycles. The molecule has 0 amide bonds. The van der Waals surface area contributed by atoms with Gasteiger partial charge in [-0.15, -0.1) is 0 Å². The van der Waals surface area contributed by atoms with Gasteiger partial charge in [0.25, 0.3) is 0 Å². The maximum atomic E-state index is 14.2. The van der Waals surface area contributed by atoms with E-state index in [4.69, 9.17) is 13.6 Å². The summed E-state index contributed by atoms with van der Waals surface area (Å²) >= 11 is 0. The van der Waals surface area contributed by atoms with Crippen LogP contribution in [-0.2, 0) is 32.1 Å². The highest BCUT2D eigenvalue weighted by atomic mass is 31.2. The summed E-state index contributed by atoms with van der Waals surface area (Å²) in [7, 11) is -3.91. The van der Waals surface area contributed by atoms with Crippen LogP contribution in [0.5, 0.6) is 5.75 Å². The summed E-state index contributed by atoms with van der Waals surface area (Å²) in [4.78, 5) is 0. The summed E-state index contributed by atoms with van der Waals surface area (Å²) in [6.07, 6.45) is 14.9. The Labute approximate surface area is 253 Å². The van der Waals surface area contributed by atoms with Gasteiger partial charge >= 0.3 is 7.82 Å². The smallest absolute Gasteiger partial charge is 0.404 e. The Morgan fingerprint density at radius 1 is 0.952 bits per heavy atom. The molecule has 42 heavy (non-hydrogen) atoms. The van der Waals surface area contributed by atoms with Crippen LogP contribution in [0.4, 0.5) is 0 Å². The quantitative estimate of drug-likeness (QED) is 0.288. The lowest BCUT2D eigenvalue weighted by atomic mass is 9.43. The minimum absolute atomic E-state index is 0.156. The predicted molar refractivity (Wildman–Crippen MR) is 171 cm³/mol. The molecular weight excluding hydrogens is 539 g/mol. The molecule has 0 radical (unpaired) electrons. The second kappa shape index (κ2) is 11.1. The third kappa shape index (κ3) is 5.49. The zero-order valence-corrected chi connectivity index (χ0v) is 27.3. The first-order valence-electron chi connectivity index (χ1n) is 16.1. The van der Waals surface area contributed by atoms with E-state index >= 15 is 0 Å². The van der Waals surface area contributed by atoms with Crippen LogP contribution >= 0.6 is 7.82 Å². The zero-order valence-electron chi connectivity index (χ0n) is 26.4. The standard InChI is InChI=1S/C37H49O4P/c1-26-13-15-29(16-14-26)25-40-42(38,39-24-28-11-8-7-9-12-28)41-31-21-27(2)34-30(22-31)23-33-36(5)19-10-18-35(3,4)32(36)17-20-37(33,34)6/h7-9,11-13,15-16,21-22,26,32-33H,10,14,17-20,23-25H2,1-6H3/t26?,32-,33+,36-,37+,42?/m0/s1. The van der Waals surface area contributed by atoms with Crippen molar-refractivity contribution in [3.63, 3.8) is 0 Å². The molecule has 0 heterocycles. The normalized spacial score (nSPS) is 32.7. The Hall–Kier alpha value is -2.13. The van der Waals surface area contributed by atoms with Crippen LogP contribution in [0.1, 0.15) is 95.4 Å². The molecule has 2 aromatic rings. The molecule has 5 heteroatoms. The van der Waals surface area contributed by atoms with E-state index in [2.05, 4.69) is 71.9 Å². The number of phosphoric ester groups is 1. The summed E-state index contributed by atoms with van der Waals surface area (Å²) in [6.45, 7) is 14.8. The van der Waals surface area contributed by atoms with E-state index in [9.17, 15) is 4.57 Å². The first-order chi connectivity index (χ1) is 19.9. The van der Waals surface area contributed by atoms with Gasteiger partial charge in [0.05, 0.1) is 13.2 Å². The zero-order chi connectivity index (χ0) is 29.8. The second-order valence-corrected chi connectivity index (χ2v) is 16.4. The molecule has 2 fully saturated rings. The molecule has 0 spiro atoms. The number of fused-ring (bicyclic) bond motifs is 5. The van der Waals surface area contributed by atoms with Gasteiger partial charge in [-0.3, -0.25) is 9.05 Å². The second-order valence-electron chi connectivity index (χ2n) is 14.8. The summed E-state index contributed by atoms with van der Waals surface area (Å²) in [6, 6.07) is 14.0. The number of aryl methyl sites for hydroxylation is 1. The van der Waals surface area contributed by atoms with Crippen LogP contribution < -0.4 is 4.52 Å². The van der Waals surface area contributed by atoms with E-state index in [1.165, 1.54) is 48.8 Å². The monoisotopic (exact) mass is 588 g/mol. The van der Waals surface area contributed by atoms with Crippen LogP contribution in [-0.4, -0.2) is 6.61 Å². The molecule has 2 saturated carbocycles. The molecule has 2 unspecified atom stereocenters. The van der Waals surface area contributed by atoms with Crippen LogP contribution in [0.15, 0.2) is 66.3 Å². The summed E-state index contributed by atoms with van der Waals surface area (Å²) in [5.74, 6) is 2.45. The third-order valence-corrected chi connectivity index (χ3v) is 12.7. The van der Waals surface area contributed by atoms with Gasteiger partial charge in [-0.1, -0.05) is 89.6 Å². The summed E-state index contributed by atoms with van der Waals surface area (Å²) in [5, 5.41) is 0.